The second-order valence-corrected chi connectivity index (χ2v) is 4.79. The Hall–Kier alpha value is -0.200. The van der Waals surface area contributed by atoms with E-state index in [9.17, 15) is 10.2 Å². The third-order valence-electron chi connectivity index (χ3n) is 3.37. The van der Waals surface area contributed by atoms with Gasteiger partial charge in [0.1, 0.15) is 24.4 Å². The van der Waals surface area contributed by atoms with E-state index in [4.69, 9.17) is 14.2 Å². The summed E-state index contributed by atoms with van der Waals surface area (Å²) in [5, 5.41) is 19.1. The van der Waals surface area contributed by atoms with E-state index >= 15 is 0 Å². The minimum atomic E-state index is -0.863. The van der Waals surface area contributed by atoms with E-state index in [1.807, 2.05) is 0 Å². The zero-order valence-electron chi connectivity index (χ0n) is 10.2. The Morgan fingerprint density at radius 3 is 2.59 bits per heavy atom. The molecule has 0 spiro atoms. The lowest BCUT2D eigenvalue weighted by atomic mass is 10.1. The molecule has 0 aromatic rings. The SMILES string of the molecule is CCCCCC1OCC([C@H]2OC[C@@H](O)C2O)O1. The largest absolute Gasteiger partial charge is 0.388 e. The van der Waals surface area contributed by atoms with Gasteiger partial charge in [-0.2, -0.15) is 0 Å². The predicted octanol–water partition coefficient (Wildman–Crippen LogP) is 0.429. The third-order valence-corrected chi connectivity index (χ3v) is 3.37. The van der Waals surface area contributed by atoms with Crippen LogP contribution in [-0.4, -0.2) is 54.1 Å². The summed E-state index contributed by atoms with van der Waals surface area (Å²) in [5.74, 6) is 0. The van der Waals surface area contributed by atoms with E-state index in [2.05, 4.69) is 6.92 Å². The van der Waals surface area contributed by atoms with Crippen molar-refractivity contribution in [2.75, 3.05) is 13.2 Å². The van der Waals surface area contributed by atoms with E-state index in [0.717, 1.165) is 12.8 Å². The molecule has 0 amide bonds. The van der Waals surface area contributed by atoms with Crippen LogP contribution in [0.3, 0.4) is 0 Å². The van der Waals surface area contributed by atoms with Gasteiger partial charge in [0, 0.05) is 0 Å². The number of hydrogen-bond acceptors (Lipinski definition) is 5. The third kappa shape index (κ3) is 3.17. The first-order valence-electron chi connectivity index (χ1n) is 6.47. The molecular formula is C12H22O5. The molecule has 17 heavy (non-hydrogen) atoms. The number of aliphatic hydroxyl groups excluding tert-OH is 2. The molecule has 2 aliphatic rings. The Labute approximate surface area is 102 Å². The zero-order chi connectivity index (χ0) is 12.3. The molecule has 2 rings (SSSR count). The fourth-order valence-corrected chi connectivity index (χ4v) is 2.31. The van der Waals surface area contributed by atoms with Crippen molar-refractivity contribution in [3.8, 4) is 0 Å². The van der Waals surface area contributed by atoms with Crippen molar-refractivity contribution < 1.29 is 24.4 Å². The fraction of sp³-hybridized carbons (Fsp3) is 1.00. The van der Waals surface area contributed by atoms with Crippen LogP contribution < -0.4 is 0 Å². The van der Waals surface area contributed by atoms with Gasteiger partial charge in [-0.15, -0.1) is 0 Å². The Balaban J connectivity index is 1.74. The Bertz CT molecular complexity index is 235. The van der Waals surface area contributed by atoms with Crippen molar-refractivity contribution in [3.63, 3.8) is 0 Å². The average molecular weight is 246 g/mol. The quantitative estimate of drug-likeness (QED) is 0.688. The van der Waals surface area contributed by atoms with Gasteiger partial charge < -0.3 is 24.4 Å². The van der Waals surface area contributed by atoms with E-state index < -0.39 is 18.3 Å². The van der Waals surface area contributed by atoms with Crippen molar-refractivity contribution in [2.45, 2.75) is 63.3 Å². The number of hydrogen-bond donors (Lipinski definition) is 2. The average Bonchev–Trinajstić information content (AvgIpc) is 2.89. The number of rotatable bonds is 5. The second kappa shape index (κ2) is 6.11. The molecule has 5 atom stereocenters. The minimum Gasteiger partial charge on any atom is -0.388 e. The summed E-state index contributed by atoms with van der Waals surface area (Å²) in [6.07, 6.45) is 1.76. The van der Waals surface area contributed by atoms with Crippen LogP contribution >= 0.6 is 0 Å². The highest BCUT2D eigenvalue weighted by atomic mass is 16.7. The molecule has 2 heterocycles. The maximum atomic E-state index is 9.71. The van der Waals surface area contributed by atoms with Crippen molar-refractivity contribution >= 4 is 0 Å². The fourth-order valence-electron chi connectivity index (χ4n) is 2.31. The summed E-state index contributed by atoms with van der Waals surface area (Å²) >= 11 is 0. The number of unbranched alkanes of at least 4 members (excludes halogenated alkanes) is 2. The van der Waals surface area contributed by atoms with Crippen LogP contribution in [0.1, 0.15) is 32.6 Å². The maximum absolute atomic E-state index is 9.71. The minimum absolute atomic E-state index is 0.173. The first kappa shape index (κ1) is 13.2. The van der Waals surface area contributed by atoms with Gasteiger partial charge in [-0.3, -0.25) is 0 Å². The molecule has 5 heteroatoms. The first-order chi connectivity index (χ1) is 8.22. The molecule has 3 unspecified atom stereocenters. The van der Waals surface area contributed by atoms with Gasteiger partial charge in [-0.05, 0) is 12.8 Å². The number of ether oxygens (including phenoxy) is 3. The lowest BCUT2D eigenvalue weighted by Gasteiger charge is -2.20. The molecule has 0 aromatic heterocycles. The summed E-state index contributed by atoms with van der Waals surface area (Å²) in [4.78, 5) is 0. The van der Waals surface area contributed by atoms with Crippen LogP contribution in [0.15, 0.2) is 0 Å². The first-order valence-corrected chi connectivity index (χ1v) is 6.47. The van der Waals surface area contributed by atoms with E-state index in [0.29, 0.717) is 6.61 Å². The van der Waals surface area contributed by atoms with Crippen LogP contribution in [0.25, 0.3) is 0 Å². The lowest BCUT2D eigenvalue weighted by Crippen LogP contribution is -2.39. The molecule has 0 saturated carbocycles. The molecule has 2 fully saturated rings. The van der Waals surface area contributed by atoms with Gasteiger partial charge in [0.15, 0.2) is 6.29 Å². The van der Waals surface area contributed by atoms with Crippen molar-refractivity contribution in [2.24, 2.45) is 0 Å². The highest BCUT2D eigenvalue weighted by Crippen LogP contribution is 2.26. The maximum Gasteiger partial charge on any atom is 0.158 e. The van der Waals surface area contributed by atoms with Gasteiger partial charge in [-0.25, -0.2) is 0 Å². The normalized spacial score (nSPS) is 42.2. The second-order valence-electron chi connectivity index (χ2n) is 4.79. The van der Waals surface area contributed by atoms with Crippen LogP contribution in [0.5, 0.6) is 0 Å². The van der Waals surface area contributed by atoms with Crippen LogP contribution in [0, 0.1) is 0 Å². The molecule has 2 saturated heterocycles. The van der Waals surface area contributed by atoms with Crippen LogP contribution in [0.2, 0.25) is 0 Å². The molecule has 0 aromatic carbocycles. The molecule has 0 radical (unpaired) electrons. The molecule has 5 nitrogen and oxygen atoms in total. The van der Waals surface area contributed by atoms with Gasteiger partial charge in [0.05, 0.1) is 13.2 Å². The molecule has 2 N–H and O–H groups in total. The lowest BCUT2D eigenvalue weighted by molar-refractivity contribution is -0.103. The Morgan fingerprint density at radius 1 is 1.12 bits per heavy atom. The Kier molecular flexibility index (Phi) is 4.76. The monoisotopic (exact) mass is 246 g/mol. The van der Waals surface area contributed by atoms with Crippen molar-refractivity contribution in [1.29, 1.82) is 0 Å². The highest BCUT2D eigenvalue weighted by molar-refractivity contribution is 4.90. The predicted molar refractivity (Wildman–Crippen MR) is 60.5 cm³/mol. The Morgan fingerprint density at radius 2 is 1.94 bits per heavy atom. The van der Waals surface area contributed by atoms with Crippen LogP contribution in [-0.2, 0) is 14.2 Å². The zero-order valence-corrected chi connectivity index (χ0v) is 10.2. The summed E-state index contributed by atoms with van der Waals surface area (Å²) in [6, 6.07) is 0. The summed E-state index contributed by atoms with van der Waals surface area (Å²) < 4.78 is 16.5. The number of aliphatic hydroxyl groups is 2. The smallest absolute Gasteiger partial charge is 0.158 e. The molecule has 100 valence electrons. The van der Waals surface area contributed by atoms with E-state index in [1.54, 1.807) is 0 Å². The summed E-state index contributed by atoms with van der Waals surface area (Å²) in [6.45, 7) is 2.76. The van der Waals surface area contributed by atoms with Gasteiger partial charge in [-0.1, -0.05) is 19.8 Å². The van der Waals surface area contributed by atoms with Gasteiger partial charge in [0.2, 0.25) is 0 Å². The molecular weight excluding hydrogens is 224 g/mol. The molecule has 0 aliphatic carbocycles. The highest BCUT2D eigenvalue weighted by Gasteiger charge is 2.43. The summed E-state index contributed by atoms with van der Waals surface area (Å²) in [7, 11) is 0. The topological polar surface area (TPSA) is 68.2 Å². The molecule has 2 aliphatic heterocycles. The molecule has 0 bridgehead atoms. The van der Waals surface area contributed by atoms with Crippen molar-refractivity contribution in [3.05, 3.63) is 0 Å². The van der Waals surface area contributed by atoms with Gasteiger partial charge in [0.25, 0.3) is 0 Å². The summed E-state index contributed by atoms with van der Waals surface area (Å²) in [5.41, 5.74) is 0. The van der Waals surface area contributed by atoms with E-state index in [1.165, 1.54) is 12.8 Å². The van der Waals surface area contributed by atoms with Crippen molar-refractivity contribution in [1.82, 2.24) is 0 Å². The van der Waals surface area contributed by atoms with E-state index in [-0.39, 0.29) is 19.0 Å². The van der Waals surface area contributed by atoms with Gasteiger partial charge >= 0.3 is 0 Å². The standard InChI is InChI=1S/C12H22O5/c1-2-3-4-5-10-15-7-9(17-10)12-11(14)8(13)6-16-12/h8-14H,2-7H2,1H3/t8-,9?,10?,11?,12-/m1/s1. The van der Waals surface area contributed by atoms with Crippen LogP contribution in [0.4, 0.5) is 0 Å².